The normalized spacial score (nSPS) is 33.3. The van der Waals surface area contributed by atoms with Gasteiger partial charge in [0.05, 0.1) is 12.7 Å². The molecule has 3 unspecified atom stereocenters. The number of rotatable bonds is 5. The predicted octanol–water partition coefficient (Wildman–Crippen LogP) is 5.09. The highest BCUT2D eigenvalue weighted by atomic mass is 79.9. The van der Waals surface area contributed by atoms with Crippen molar-refractivity contribution in [3.8, 4) is 0 Å². The molecular formula is C18H26BrNO. The molecule has 0 amide bonds. The first-order valence-corrected chi connectivity index (χ1v) is 8.84. The molecule has 1 N–H and O–H groups in total. The first-order chi connectivity index (χ1) is 9.95. The fraction of sp³-hybridized carbons (Fsp3) is 0.667. The Bertz CT molecular complexity index is 516. The minimum Gasteiger partial charge on any atom is -0.382 e. The molecule has 0 heterocycles. The molecule has 3 heteroatoms. The Labute approximate surface area is 136 Å². The summed E-state index contributed by atoms with van der Waals surface area (Å²) in [5.41, 5.74) is 1.94. The Hall–Kier alpha value is -0.540. The minimum absolute atomic E-state index is 0.366. The molecule has 2 aliphatic carbocycles. The van der Waals surface area contributed by atoms with Crippen molar-refractivity contribution < 1.29 is 4.74 Å². The third-order valence-corrected chi connectivity index (χ3v) is 7.02. The predicted molar refractivity (Wildman–Crippen MR) is 91.6 cm³/mol. The first kappa shape index (κ1) is 15.4. The quantitative estimate of drug-likeness (QED) is 0.745. The molecule has 1 aromatic carbocycles. The number of fused-ring (bicyclic) bond motifs is 2. The maximum Gasteiger partial charge on any atom is 0.0643 e. The molecule has 2 nitrogen and oxygen atoms in total. The van der Waals surface area contributed by atoms with Crippen molar-refractivity contribution in [3.63, 3.8) is 0 Å². The average Bonchev–Trinajstić information content (AvgIpc) is 2.78. The number of hydrogen-bond acceptors (Lipinski definition) is 2. The van der Waals surface area contributed by atoms with Crippen LogP contribution in [0.2, 0.25) is 0 Å². The van der Waals surface area contributed by atoms with Crippen LogP contribution in [0.5, 0.6) is 0 Å². The van der Waals surface area contributed by atoms with Crippen molar-refractivity contribution in [3.05, 3.63) is 28.7 Å². The Balaban J connectivity index is 1.50. The van der Waals surface area contributed by atoms with Crippen molar-refractivity contribution in [2.75, 3.05) is 18.5 Å². The summed E-state index contributed by atoms with van der Waals surface area (Å²) in [6.45, 7) is 8.96. The van der Waals surface area contributed by atoms with Gasteiger partial charge in [-0.3, -0.25) is 0 Å². The van der Waals surface area contributed by atoms with Gasteiger partial charge in [-0.15, -0.1) is 0 Å². The van der Waals surface area contributed by atoms with Crippen LogP contribution in [-0.2, 0) is 4.74 Å². The van der Waals surface area contributed by atoms with Crippen LogP contribution in [0.3, 0.4) is 0 Å². The molecule has 3 rings (SSSR count). The van der Waals surface area contributed by atoms with E-state index in [1.165, 1.54) is 19.3 Å². The molecule has 0 aliphatic heterocycles. The molecule has 2 saturated carbocycles. The summed E-state index contributed by atoms with van der Waals surface area (Å²) < 4.78 is 7.37. The zero-order valence-electron chi connectivity index (χ0n) is 13.3. The van der Waals surface area contributed by atoms with Gasteiger partial charge < -0.3 is 10.1 Å². The number of hydrogen-bond donors (Lipinski definition) is 1. The summed E-state index contributed by atoms with van der Waals surface area (Å²) in [5.74, 6) is 0.851. The van der Waals surface area contributed by atoms with E-state index in [1.807, 2.05) is 12.1 Å². The fourth-order valence-corrected chi connectivity index (χ4v) is 4.80. The summed E-state index contributed by atoms with van der Waals surface area (Å²) in [7, 11) is 0. The number of ether oxygens (including phenoxy) is 1. The fourth-order valence-electron chi connectivity index (χ4n) is 4.37. The van der Waals surface area contributed by atoms with Gasteiger partial charge >= 0.3 is 0 Å². The van der Waals surface area contributed by atoms with Crippen LogP contribution < -0.4 is 5.32 Å². The molecule has 2 aliphatic rings. The van der Waals surface area contributed by atoms with Gasteiger partial charge in [0.2, 0.25) is 0 Å². The second kappa shape index (κ2) is 5.58. The smallest absolute Gasteiger partial charge is 0.0643 e. The molecule has 0 aromatic heterocycles. The third-order valence-electron chi connectivity index (χ3n) is 6.32. The summed E-state index contributed by atoms with van der Waals surface area (Å²) in [6.07, 6.45) is 4.40. The minimum atomic E-state index is 0.366. The Morgan fingerprint density at radius 2 is 2.05 bits per heavy atom. The lowest BCUT2D eigenvalue weighted by Crippen LogP contribution is -2.37. The van der Waals surface area contributed by atoms with Crippen LogP contribution in [-0.4, -0.2) is 19.3 Å². The molecule has 0 spiro atoms. The number of nitrogens with one attached hydrogen (secondary N) is 1. The molecule has 1 aromatic rings. The van der Waals surface area contributed by atoms with E-state index in [0.29, 0.717) is 16.9 Å². The lowest BCUT2D eigenvalue weighted by molar-refractivity contribution is -0.0425. The standard InChI is InChI=1S/C18H26BrNO/c1-17(2)13-8-9-18(17,3)16(12-13)21-11-10-20-15-7-5-4-6-14(15)19/h4-7,13,16,20H,8-12H2,1-3H3. The van der Waals surface area contributed by atoms with Crippen molar-refractivity contribution in [1.82, 2.24) is 0 Å². The van der Waals surface area contributed by atoms with Gasteiger partial charge in [-0.2, -0.15) is 0 Å². The van der Waals surface area contributed by atoms with Crippen LogP contribution in [0, 0.1) is 16.7 Å². The van der Waals surface area contributed by atoms with Gasteiger partial charge in [-0.05, 0) is 64.1 Å². The molecular weight excluding hydrogens is 326 g/mol. The zero-order valence-corrected chi connectivity index (χ0v) is 14.9. The van der Waals surface area contributed by atoms with Gasteiger partial charge in [0.25, 0.3) is 0 Å². The van der Waals surface area contributed by atoms with Gasteiger partial charge in [-0.25, -0.2) is 0 Å². The van der Waals surface area contributed by atoms with E-state index in [9.17, 15) is 0 Å². The highest BCUT2D eigenvalue weighted by molar-refractivity contribution is 9.10. The highest BCUT2D eigenvalue weighted by Gasteiger charge is 2.61. The molecule has 3 atom stereocenters. The third kappa shape index (κ3) is 2.53. The van der Waals surface area contributed by atoms with E-state index < -0.39 is 0 Å². The average molecular weight is 352 g/mol. The second-order valence-electron chi connectivity index (χ2n) is 7.38. The zero-order chi connectivity index (χ0) is 15.1. The summed E-state index contributed by atoms with van der Waals surface area (Å²) in [5, 5.41) is 3.44. The van der Waals surface area contributed by atoms with Crippen molar-refractivity contribution in [1.29, 1.82) is 0 Å². The SMILES string of the molecule is CC1(C)C2CCC1(C)C(OCCNc1ccccc1Br)C2. The van der Waals surface area contributed by atoms with E-state index in [1.54, 1.807) is 0 Å². The molecule has 2 fully saturated rings. The summed E-state index contributed by atoms with van der Waals surface area (Å²) in [6, 6.07) is 8.23. The van der Waals surface area contributed by atoms with Gasteiger partial charge in [0.1, 0.15) is 0 Å². The molecule has 2 bridgehead atoms. The van der Waals surface area contributed by atoms with Gasteiger partial charge in [0, 0.05) is 16.7 Å². The van der Waals surface area contributed by atoms with Crippen LogP contribution in [0.1, 0.15) is 40.0 Å². The molecule has 21 heavy (non-hydrogen) atoms. The molecule has 116 valence electrons. The Morgan fingerprint density at radius 1 is 1.29 bits per heavy atom. The first-order valence-electron chi connectivity index (χ1n) is 8.05. The lowest BCUT2D eigenvalue weighted by atomic mass is 9.70. The van der Waals surface area contributed by atoms with Crippen molar-refractivity contribution in [2.24, 2.45) is 16.7 Å². The van der Waals surface area contributed by atoms with E-state index >= 15 is 0 Å². The monoisotopic (exact) mass is 351 g/mol. The van der Waals surface area contributed by atoms with Crippen molar-refractivity contribution in [2.45, 2.75) is 46.1 Å². The van der Waals surface area contributed by atoms with Crippen molar-refractivity contribution >= 4 is 21.6 Å². The van der Waals surface area contributed by atoms with Crippen LogP contribution in [0.25, 0.3) is 0 Å². The molecule has 0 saturated heterocycles. The van der Waals surface area contributed by atoms with E-state index in [0.717, 1.165) is 29.2 Å². The Morgan fingerprint density at radius 3 is 2.67 bits per heavy atom. The van der Waals surface area contributed by atoms with Crippen LogP contribution in [0.15, 0.2) is 28.7 Å². The summed E-state index contributed by atoms with van der Waals surface area (Å²) >= 11 is 3.56. The van der Waals surface area contributed by atoms with Crippen LogP contribution >= 0.6 is 15.9 Å². The maximum absolute atomic E-state index is 6.26. The highest BCUT2D eigenvalue weighted by Crippen LogP contribution is 2.66. The van der Waals surface area contributed by atoms with E-state index in [-0.39, 0.29) is 0 Å². The topological polar surface area (TPSA) is 21.3 Å². The number of anilines is 1. The summed E-state index contributed by atoms with van der Waals surface area (Å²) in [4.78, 5) is 0. The van der Waals surface area contributed by atoms with Gasteiger partial charge in [0.15, 0.2) is 0 Å². The second-order valence-corrected chi connectivity index (χ2v) is 8.23. The lowest BCUT2D eigenvalue weighted by Gasteiger charge is -2.39. The van der Waals surface area contributed by atoms with Gasteiger partial charge in [-0.1, -0.05) is 32.9 Å². The maximum atomic E-state index is 6.26. The van der Waals surface area contributed by atoms with E-state index in [4.69, 9.17) is 4.74 Å². The number of halogens is 1. The Kier molecular flexibility index (Phi) is 4.08. The number of para-hydroxylation sites is 1. The molecule has 0 radical (unpaired) electrons. The largest absolute Gasteiger partial charge is 0.382 e. The number of benzene rings is 1. The van der Waals surface area contributed by atoms with Crippen LogP contribution in [0.4, 0.5) is 5.69 Å². The van der Waals surface area contributed by atoms with E-state index in [2.05, 4.69) is 54.2 Å².